The Labute approximate surface area is 176 Å². The van der Waals surface area contributed by atoms with Crippen molar-refractivity contribution in [2.45, 2.75) is 25.7 Å². The van der Waals surface area contributed by atoms with Crippen LogP contribution in [0.25, 0.3) is 11.1 Å². The maximum atomic E-state index is 9.34. The normalized spacial score (nSPS) is 13.7. The van der Waals surface area contributed by atoms with Crippen LogP contribution in [0.5, 0.6) is 11.5 Å². The molecule has 1 saturated heterocycles. The smallest absolute Gasteiger partial charge is 0.154 e. The highest BCUT2D eigenvalue weighted by molar-refractivity contribution is 5.71. The molecular formula is C23H24N6O. The first-order valence-electron chi connectivity index (χ1n) is 10.2. The maximum absolute atomic E-state index is 9.34. The molecule has 0 radical (unpaired) electrons. The molecule has 0 atom stereocenters. The zero-order valence-electron chi connectivity index (χ0n) is 16.8. The molecule has 4 rings (SSSR count). The molecule has 0 amide bonds. The fourth-order valence-electron chi connectivity index (χ4n) is 3.59. The van der Waals surface area contributed by atoms with E-state index in [9.17, 15) is 5.26 Å². The lowest BCUT2D eigenvalue weighted by Crippen LogP contribution is -2.30. The summed E-state index contributed by atoms with van der Waals surface area (Å²) in [5.74, 6) is 1.99. The molecule has 0 spiro atoms. The van der Waals surface area contributed by atoms with Crippen LogP contribution in [0, 0.1) is 11.3 Å². The molecule has 0 bridgehead atoms. The Hall–Kier alpha value is -3.50. The second-order valence-corrected chi connectivity index (χ2v) is 7.30. The summed E-state index contributed by atoms with van der Waals surface area (Å²) in [4.78, 5) is 6.71. The van der Waals surface area contributed by atoms with Crippen molar-refractivity contribution in [2.24, 2.45) is 5.73 Å². The van der Waals surface area contributed by atoms with Gasteiger partial charge in [-0.1, -0.05) is 6.07 Å². The van der Waals surface area contributed by atoms with Gasteiger partial charge in [0, 0.05) is 48.6 Å². The van der Waals surface area contributed by atoms with Gasteiger partial charge in [-0.3, -0.25) is 4.98 Å². The van der Waals surface area contributed by atoms with Crippen LogP contribution in [0.15, 0.2) is 48.8 Å². The quantitative estimate of drug-likeness (QED) is 0.673. The average molecular weight is 400 g/mol. The molecule has 7 nitrogen and oxygen atoms in total. The lowest BCUT2D eigenvalue weighted by molar-refractivity contribution is 0.478. The van der Waals surface area contributed by atoms with E-state index in [0.717, 1.165) is 55.0 Å². The van der Waals surface area contributed by atoms with Crippen molar-refractivity contribution in [3.63, 3.8) is 0 Å². The van der Waals surface area contributed by atoms with E-state index < -0.39 is 0 Å². The molecule has 1 aliphatic rings. The second kappa shape index (κ2) is 9.33. The van der Waals surface area contributed by atoms with Crippen molar-refractivity contribution >= 4 is 5.82 Å². The highest BCUT2D eigenvalue weighted by Gasteiger charge is 2.15. The van der Waals surface area contributed by atoms with Crippen LogP contribution in [0.4, 0.5) is 5.82 Å². The molecule has 1 aliphatic heterocycles. The molecule has 3 aromatic rings. The molecule has 1 aromatic carbocycles. The molecule has 2 aromatic heterocycles. The van der Waals surface area contributed by atoms with Gasteiger partial charge in [0.25, 0.3) is 0 Å². The second-order valence-electron chi connectivity index (χ2n) is 7.30. The van der Waals surface area contributed by atoms with Crippen molar-refractivity contribution in [1.82, 2.24) is 15.2 Å². The largest absolute Gasteiger partial charge is 0.455 e. The molecule has 2 N–H and O–H groups in total. The van der Waals surface area contributed by atoms with Crippen LogP contribution in [-0.2, 0) is 6.42 Å². The minimum absolute atomic E-state index is 0.528. The van der Waals surface area contributed by atoms with E-state index in [1.165, 1.54) is 6.42 Å². The predicted molar refractivity (Wildman–Crippen MR) is 115 cm³/mol. The van der Waals surface area contributed by atoms with Crippen molar-refractivity contribution < 1.29 is 4.74 Å². The molecule has 0 saturated carbocycles. The number of piperidine rings is 1. The molecule has 7 heteroatoms. The minimum Gasteiger partial charge on any atom is -0.455 e. The highest BCUT2D eigenvalue weighted by Crippen LogP contribution is 2.34. The van der Waals surface area contributed by atoms with Gasteiger partial charge in [-0.25, -0.2) is 0 Å². The molecule has 0 aliphatic carbocycles. The van der Waals surface area contributed by atoms with Gasteiger partial charge < -0.3 is 15.4 Å². The third-order valence-corrected chi connectivity index (χ3v) is 5.17. The van der Waals surface area contributed by atoms with Gasteiger partial charge >= 0.3 is 0 Å². The Morgan fingerprint density at radius 1 is 1.07 bits per heavy atom. The summed E-state index contributed by atoms with van der Waals surface area (Å²) < 4.78 is 6.19. The molecule has 0 unspecified atom stereocenters. The topological polar surface area (TPSA) is 101 Å². The van der Waals surface area contributed by atoms with Crippen LogP contribution >= 0.6 is 0 Å². The van der Waals surface area contributed by atoms with E-state index in [0.29, 0.717) is 23.6 Å². The number of hydrogen-bond acceptors (Lipinski definition) is 7. The molecular weight excluding hydrogens is 376 g/mol. The van der Waals surface area contributed by atoms with E-state index in [1.54, 1.807) is 18.3 Å². The van der Waals surface area contributed by atoms with Crippen LogP contribution < -0.4 is 15.4 Å². The fourth-order valence-corrected chi connectivity index (χ4v) is 3.59. The van der Waals surface area contributed by atoms with Gasteiger partial charge in [0.05, 0.1) is 17.8 Å². The monoisotopic (exact) mass is 400 g/mol. The number of benzene rings is 1. The summed E-state index contributed by atoms with van der Waals surface area (Å²) in [5.41, 5.74) is 8.86. The SMILES string of the molecule is N#Cc1ccc(-c2ccc(CCN)nc2)c(Oc2cnnc(N3CCCCC3)c2)c1. The minimum atomic E-state index is 0.528. The van der Waals surface area contributed by atoms with Gasteiger partial charge in [-0.05, 0) is 50.1 Å². The first kappa shape index (κ1) is 19.8. The Balaban J connectivity index is 1.64. The lowest BCUT2D eigenvalue weighted by Gasteiger charge is -2.27. The molecule has 30 heavy (non-hydrogen) atoms. The van der Waals surface area contributed by atoms with Gasteiger partial charge in [-0.15, -0.1) is 5.10 Å². The first-order chi connectivity index (χ1) is 14.8. The summed E-state index contributed by atoms with van der Waals surface area (Å²) >= 11 is 0. The number of nitrogens with zero attached hydrogens (tertiary/aromatic N) is 5. The van der Waals surface area contributed by atoms with E-state index in [1.807, 2.05) is 30.5 Å². The summed E-state index contributed by atoms with van der Waals surface area (Å²) in [6.07, 6.45) is 7.71. The van der Waals surface area contributed by atoms with E-state index >= 15 is 0 Å². The number of anilines is 1. The summed E-state index contributed by atoms with van der Waals surface area (Å²) in [6, 6.07) is 13.4. The van der Waals surface area contributed by atoms with Crippen LogP contribution in [-0.4, -0.2) is 34.8 Å². The average Bonchev–Trinajstić information content (AvgIpc) is 2.81. The summed E-state index contributed by atoms with van der Waals surface area (Å²) in [7, 11) is 0. The van der Waals surface area contributed by atoms with Crippen molar-refractivity contribution in [3.8, 4) is 28.7 Å². The number of aromatic nitrogens is 3. The third-order valence-electron chi connectivity index (χ3n) is 5.17. The van der Waals surface area contributed by atoms with Crippen LogP contribution in [0.1, 0.15) is 30.5 Å². The Morgan fingerprint density at radius 3 is 2.67 bits per heavy atom. The van der Waals surface area contributed by atoms with Gasteiger partial charge in [0.1, 0.15) is 5.75 Å². The van der Waals surface area contributed by atoms with Crippen molar-refractivity contribution in [3.05, 3.63) is 60.0 Å². The number of pyridine rings is 1. The Kier molecular flexibility index (Phi) is 6.16. The lowest BCUT2D eigenvalue weighted by atomic mass is 10.0. The molecule has 152 valence electrons. The molecule has 1 fully saturated rings. The number of nitriles is 1. The summed E-state index contributed by atoms with van der Waals surface area (Å²) in [6.45, 7) is 2.52. The van der Waals surface area contributed by atoms with Crippen LogP contribution in [0.3, 0.4) is 0 Å². The molecule has 3 heterocycles. The van der Waals surface area contributed by atoms with Gasteiger partial charge in [-0.2, -0.15) is 10.4 Å². The third kappa shape index (κ3) is 4.56. The van der Waals surface area contributed by atoms with E-state index in [-0.39, 0.29) is 0 Å². The first-order valence-corrected chi connectivity index (χ1v) is 10.2. The van der Waals surface area contributed by atoms with Gasteiger partial charge in [0.15, 0.2) is 11.6 Å². The number of hydrogen-bond donors (Lipinski definition) is 1. The number of nitrogens with two attached hydrogens (primary N) is 1. The number of ether oxygens (including phenoxy) is 1. The maximum Gasteiger partial charge on any atom is 0.154 e. The van der Waals surface area contributed by atoms with E-state index in [4.69, 9.17) is 10.5 Å². The zero-order chi connectivity index (χ0) is 20.8. The number of rotatable bonds is 6. The van der Waals surface area contributed by atoms with Crippen molar-refractivity contribution in [1.29, 1.82) is 5.26 Å². The standard InChI is InChI=1S/C23H24N6O/c24-9-8-19-6-5-18(15-26-19)21-7-4-17(14-25)12-22(21)30-20-13-23(28-27-16-20)29-10-2-1-3-11-29/h4-7,12-13,15-16H,1-3,8-11,24H2. The summed E-state index contributed by atoms with van der Waals surface area (Å²) in [5, 5.41) is 17.7. The highest BCUT2D eigenvalue weighted by atomic mass is 16.5. The Bertz CT molecular complexity index is 1040. The fraction of sp³-hybridized carbons (Fsp3) is 0.304. The predicted octanol–water partition coefficient (Wildman–Crippen LogP) is 3.69. The van der Waals surface area contributed by atoms with E-state index in [2.05, 4.69) is 26.2 Å². The van der Waals surface area contributed by atoms with Gasteiger partial charge in [0.2, 0.25) is 0 Å². The Morgan fingerprint density at radius 2 is 1.93 bits per heavy atom. The zero-order valence-corrected chi connectivity index (χ0v) is 16.8. The van der Waals surface area contributed by atoms with Crippen molar-refractivity contribution in [2.75, 3.05) is 24.5 Å². The van der Waals surface area contributed by atoms with Crippen LogP contribution in [0.2, 0.25) is 0 Å².